The average molecular weight is 397 g/mol. The van der Waals surface area contributed by atoms with Gasteiger partial charge in [-0.2, -0.15) is 0 Å². The zero-order valence-electron chi connectivity index (χ0n) is 17.8. The Morgan fingerprint density at radius 1 is 0.759 bits per heavy atom. The predicted octanol–water partition coefficient (Wildman–Crippen LogP) is 6.43. The van der Waals surface area contributed by atoms with Gasteiger partial charge in [0.05, 0.1) is 17.7 Å². The topological polar surface area (TPSA) is 52.6 Å². The highest BCUT2D eigenvalue weighted by Gasteiger charge is 2.19. The van der Waals surface area contributed by atoms with Crippen LogP contribution in [-0.4, -0.2) is 18.5 Å². The first-order chi connectivity index (χ1) is 14.0. The number of benzene rings is 2. The fourth-order valence-electron chi connectivity index (χ4n) is 3.08. The normalized spacial score (nSPS) is 10.6. The van der Waals surface area contributed by atoms with E-state index in [1.807, 2.05) is 26.0 Å². The fraction of sp³-hybridized carbons (Fsp3) is 0.440. The van der Waals surface area contributed by atoms with Gasteiger partial charge in [-0.25, -0.2) is 9.59 Å². The van der Waals surface area contributed by atoms with E-state index in [1.54, 1.807) is 30.3 Å². The largest absolute Gasteiger partial charge is 0.462 e. The third-order valence-corrected chi connectivity index (χ3v) is 5.04. The van der Waals surface area contributed by atoms with Gasteiger partial charge >= 0.3 is 11.9 Å². The monoisotopic (exact) mass is 396 g/mol. The second kappa shape index (κ2) is 12.1. The van der Waals surface area contributed by atoms with Crippen molar-refractivity contribution in [2.45, 2.75) is 65.7 Å². The lowest BCUT2D eigenvalue weighted by Crippen LogP contribution is -2.16. The van der Waals surface area contributed by atoms with Crippen LogP contribution in [0.1, 0.15) is 83.7 Å². The smallest absolute Gasteiger partial charge is 0.344 e. The number of esters is 2. The van der Waals surface area contributed by atoms with Gasteiger partial charge in [-0.1, -0.05) is 63.6 Å². The van der Waals surface area contributed by atoms with Crippen molar-refractivity contribution in [2.75, 3.05) is 6.61 Å². The van der Waals surface area contributed by atoms with Crippen molar-refractivity contribution in [1.29, 1.82) is 0 Å². The number of ether oxygens (including phenoxy) is 2. The summed E-state index contributed by atoms with van der Waals surface area (Å²) in [6, 6.07) is 12.1. The molecule has 0 fully saturated rings. The summed E-state index contributed by atoms with van der Waals surface area (Å²) in [7, 11) is 0. The molecule has 0 atom stereocenters. The summed E-state index contributed by atoms with van der Waals surface area (Å²) in [6.45, 7) is 6.53. The molecule has 0 N–H and O–H groups in total. The molecule has 0 aromatic heterocycles. The van der Waals surface area contributed by atoms with Gasteiger partial charge in [0.1, 0.15) is 5.75 Å². The molecule has 0 aliphatic rings. The summed E-state index contributed by atoms with van der Waals surface area (Å²) in [5.41, 5.74) is 2.62. The highest BCUT2D eigenvalue weighted by molar-refractivity contribution is 6.03. The van der Waals surface area contributed by atoms with Gasteiger partial charge in [0.2, 0.25) is 0 Å². The summed E-state index contributed by atoms with van der Waals surface area (Å²) in [5, 5.41) is 0. The highest BCUT2D eigenvalue weighted by Crippen LogP contribution is 2.19. The van der Waals surface area contributed by atoms with E-state index in [0.29, 0.717) is 12.4 Å². The van der Waals surface area contributed by atoms with E-state index in [4.69, 9.17) is 9.47 Å². The van der Waals surface area contributed by atoms with E-state index < -0.39 is 11.9 Å². The van der Waals surface area contributed by atoms with Crippen molar-refractivity contribution < 1.29 is 19.1 Å². The number of aryl methyl sites for hydroxylation is 2. The molecule has 0 radical (unpaired) electrons. The quantitative estimate of drug-likeness (QED) is 0.249. The van der Waals surface area contributed by atoms with Crippen molar-refractivity contribution in [1.82, 2.24) is 0 Å². The number of carbonyl (C=O) groups is 2. The SMILES string of the molecule is CCCCCCCCCOC(=O)c1ccccc1C(=O)Oc1ccc(C)c(C)c1. The number of hydrogen-bond donors (Lipinski definition) is 0. The van der Waals surface area contributed by atoms with E-state index >= 15 is 0 Å². The molecular weight excluding hydrogens is 364 g/mol. The number of carbonyl (C=O) groups excluding carboxylic acids is 2. The summed E-state index contributed by atoms with van der Waals surface area (Å²) in [4.78, 5) is 25.1. The van der Waals surface area contributed by atoms with Gasteiger partial charge in [-0.3, -0.25) is 0 Å². The molecule has 0 heterocycles. The first-order valence-electron chi connectivity index (χ1n) is 10.6. The van der Waals surface area contributed by atoms with E-state index in [9.17, 15) is 9.59 Å². The Morgan fingerprint density at radius 3 is 2.03 bits per heavy atom. The highest BCUT2D eigenvalue weighted by atomic mass is 16.5. The molecule has 0 unspecified atom stereocenters. The van der Waals surface area contributed by atoms with Gasteiger partial charge in [-0.05, 0) is 55.7 Å². The predicted molar refractivity (Wildman–Crippen MR) is 116 cm³/mol. The van der Waals surface area contributed by atoms with Gasteiger partial charge in [0.15, 0.2) is 0 Å². The maximum atomic E-state index is 12.6. The Kier molecular flexibility index (Phi) is 9.42. The Labute approximate surface area is 174 Å². The van der Waals surface area contributed by atoms with E-state index in [0.717, 1.165) is 30.4 Å². The van der Waals surface area contributed by atoms with Crippen LogP contribution in [0.5, 0.6) is 5.75 Å². The Hall–Kier alpha value is -2.62. The standard InChI is InChI=1S/C25H32O4/c1-4-5-6-7-8-9-12-17-28-24(26)22-13-10-11-14-23(22)25(27)29-21-16-15-19(2)20(3)18-21/h10-11,13-16,18H,4-9,12,17H2,1-3H3. The lowest BCUT2D eigenvalue weighted by atomic mass is 10.1. The van der Waals surface area contributed by atoms with Crippen molar-refractivity contribution in [3.63, 3.8) is 0 Å². The summed E-state index contributed by atoms with van der Waals surface area (Å²) in [5.74, 6) is -0.579. The van der Waals surface area contributed by atoms with Crippen LogP contribution in [0.25, 0.3) is 0 Å². The van der Waals surface area contributed by atoms with Crippen LogP contribution >= 0.6 is 0 Å². The third kappa shape index (κ3) is 7.37. The number of rotatable bonds is 11. The van der Waals surface area contributed by atoms with Gasteiger partial charge in [-0.15, -0.1) is 0 Å². The van der Waals surface area contributed by atoms with Crippen LogP contribution in [-0.2, 0) is 4.74 Å². The minimum absolute atomic E-state index is 0.218. The molecule has 0 bridgehead atoms. The molecular formula is C25H32O4. The number of hydrogen-bond acceptors (Lipinski definition) is 4. The molecule has 4 heteroatoms. The Morgan fingerprint density at radius 2 is 1.38 bits per heavy atom. The van der Waals surface area contributed by atoms with Crippen molar-refractivity contribution in [2.24, 2.45) is 0 Å². The van der Waals surface area contributed by atoms with Crippen LogP contribution < -0.4 is 4.74 Å². The maximum absolute atomic E-state index is 12.6. The van der Waals surface area contributed by atoms with Crippen LogP contribution in [0.2, 0.25) is 0 Å². The zero-order valence-corrected chi connectivity index (χ0v) is 17.8. The van der Waals surface area contributed by atoms with Crippen molar-refractivity contribution in [3.05, 3.63) is 64.7 Å². The molecule has 2 aromatic rings. The fourth-order valence-corrected chi connectivity index (χ4v) is 3.08. The number of unbranched alkanes of at least 4 members (excludes halogenated alkanes) is 6. The third-order valence-electron chi connectivity index (χ3n) is 5.04. The molecule has 0 aliphatic carbocycles. The van der Waals surface area contributed by atoms with Crippen LogP contribution in [0.4, 0.5) is 0 Å². The first kappa shape index (κ1) is 22.7. The zero-order chi connectivity index (χ0) is 21.1. The lowest BCUT2D eigenvalue weighted by molar-refractivity contribution is 0.0489. The summed E-state index contributed by atoms with van der Waals surface area (Å²) < 4.78 is 10.9. The second-order valence-corrected chi connectivity index (χ2v) is 7.44. The molecule has 0 saturated carbocycles. The molecule has 0 saturated heterocycles. The van der Waals surface area contributed by atoms with E-state index in [1.165, 1.54) is 25.7 Å². The minimum atomic E-state index is -0.559. The molecule has 0 spiro atoms. The second-order valence-electron chi connectivity index (χ2n) is 7.44. The van der Waals surface area contributed by atoms with Gasteiger partial charge < -0.3 is 9.47 Å². The average Bonchev–Trinajstić information content (AvgIpc) is 2.72. The van der Waals surface area contributed by atoms with E-state index in [-0.39, 0.29) is 11.1 Å². The van der Waals surface area contributed by atoms with Crippen LogP contribution in [0.3, 0.4) is 0 Å². The van der Waals surface area contributed by atoms with Crippen molar-refractivity contribution in [3.8, 4) is 5.75 Å². The molecule has 2 rings (SSSR count). The Bertz CT molecular complexity index is 810. The van der Waals surface area contributed by atoms with Crippen molar-refractivity contribution >= 4 is 11.9 Å². The van der Waals surface area contributed by atoms with Gasteiger partial charge in [0.25, 0.3) is 0 Å². The molecule has 4 nitrogen and oxygen atoms in total. The molecule has 29 heavy (non-hydrogen) atoms. The van der Waals surface area contributed by atoms with Gasteiger partial charge in [0, 0.05) is 0 Å². The Balaban J connectivity index is 1.89. The molecule has 0 aliphatic heterocycles. The molecule has 156 valence electrons. The van der Waals surface area contributed by atoms with Crippen LogP contribution in [0, 0.1) is 13.8 Å². The summed E-state index contributed by atoms with van der Waals surface area (Å²) >= 11 is 0. The lowest BCUT2D eigenvalue weighted by Gasteiger charge is -2.10. The molecule has 2 aromatic carbocycles. The van der Waals surface area contributed by atoms with E-state index in [2.05, 4.69) is 6.92 Å². The van der Waals surface area contributed by atoms with Crippen LogP contribution in [0.15, 0.2) is 42.5 Å². The maximum Gasteiger partial charge on any atom is 0.344 e. The molecule has 0 amide bonds. The first-order valence-corrected chi connectivity index (χ1v) is 10.6. The summed E-state index contributed by atoms with van der Waals surface area (Å²) in [6.07, 6.45) is 8.07. The minimum Gasteiger partial charge on any atom is -0.462 e.